The van der Waals surface area contributed by atoms with Gasteiger partial charge in [0.15, 0.2) is 0 Å². The molecule has 5 nitrogen and oxygen atoms in total. The molecule has 0 aliphatic heterocycles. The first-order valence-electron chi connectivity index (χ1n) is 6.17. The number of furan rings is 1. The van der Waals surface area contributed by atoms with Crippen LogP contribution in [0.1, 0.15) is 16.2 Å². The minimum Gasteiger partial charge on any atom is -0.469 e. The van der Waals surface area contributed by atoms with Crippen molar-refractivity contribution < 1.29 is 9.21 Å². The van der Waals surface area contributed by atoms with E-state index in [1.165, 1.54) is 0 Å². The minimum absolute atomic E-state index is 0.212. The van der Waals surface area contributed by atoms with Gasteiger partial charge >= 0.3 is 0 Å². The topological polar surface area (TPSA) is 59.5 Å². The highest BCUT2D eigenvalue weighted by atomic mass is 35.5. The number of halogens is 1. The fourth-order valence-electron chi connectivity index (χ4n) is 1.92. The smallest absolute Gasteiger partial charge is 0.271 e. The van der Waals surface area contributed by atoms with Crippen LogP contribution in [0.4, 0.5) is 0 Å². The Morgan fingerprint density at radius 2 is 2.25 bits per heavy atom. The third kappa shape index (κ3) is 2.67. The molecule has 3 aromatic heterocycles. The number of pyridine rings is 1. The number of carbonyl (C=O) groups is 1. The third-order valence-corrected chi connectivity index (χ3v) is 3.11. The first-order chi connectivity index (χ1) is 9.72. The fraction of sp³-hybridized carbons (Fsp3) is 0.143. The number of nitrogens with one attached hydrogen (secondary N) is 1. The van der Waals surface area contributed by atoms with Gasteiger partial charge < -0.3 is 14.1 Å². The molecule has 0 aliphatic rings. The highest BCUT2D eigenvalue weighted by Crippen LogP contribution is 2.11. The van der Waals surface area contributed by atoms with Crippen LogP contribution in [-0.4, -0.2) is 21.8 Å². The maximum absolute atomic E-state index is 12.0. The van der Waals surface area contributed by atoms with E-state index in [9.17, 15) is 4.79 Å². The van der Waals surface area contributed by atoms with Gasteiger partial charge in [-0.15, -0.1) is 0 Å². The Morgan fingerprint density at radius 1 is 1.35 bits per heavy atom. The third-order valence-electron chi connectivity index (χ3n) is 2.88. The van der Waals surface area contributed by atoms with Gasteiger partial charge in [0.1, 0.15) is 17.1 Å². The summed E-state index contributed by atoms with van der Waals surface area (Å²) >= 11 is 5.89. The predicted octanol–water partition coefficient (Wildman–Crippen LogP) is 2.55. The standard InChI is InChI=1S/C14H12ClN3O2/c15-10-3-4-13-17-12(9-18(13)8-10)14(19)16-6-5-11-2-1-7-20-11/h1-4,7-9H,5-6H2,(H,16,19). The molecular weight excluding hydrogens is 278 g/mol. The van der Waals surface area contributed by atoms with Gasteiger partial charge in [-0.3, -0.25) is 4.79 Å². The molecule has 0 unspecified atom stereocenters. The summed E-state index contributed by atoms with van der Waals surface area (Å²) < 4.78 is 6.92. The van der Waals surface area contributed by atoms with Gasteiger partial charge in [0, 0.05) is 25.4 Å². The lowest BCUT2D eigenvalue weighted by Crippen LogP contribution is -2.25. The monoisotopic (exact) mass is 289 g/mol. The Kier molecular flexibility index (Phi) is 3.43. The van der Waals surface area contributed by atoms with Crippen LogP contribution in [0.15, 0.2) is 47.3 Å². The van der Waals surface area contributed by atoms with Crippen molar-refractivity contribution in [1.29, 1.82) is 0 Å². The molecule has 0 radical (unpaired) electrons. The second-order valence-corrected chi connectivity index (χ2v) is 4.76. The van der Waals surface area contributed by atoms with Crippen LogP contribution >= 0.6 is 11.6 Å². The van der Waals surface area contributed by atoms with Crippen LogP contribution in [0.25, 0.3) is 5.65 Å². The van der Waals surface area contributed by atoms with E-state index in [1.807, 2.05) is 12.1 Å². The number of amides is 1. The SMILES string of the molecule is O=C(NCCc1ccco1)c1cn2cc(Cl)ccc2n1. The maximum atomic E-state index is 12.0. The van der Waals surface area contributed by atoms with E-state index >= 15 is 0 Å². The molecule has 3 heterocycles. The molecule has 0 fully saturated rings. The van der Waals surface area contributed by atoms with Gasteiger partial charge in [-0.1, -0.05) is 11.6 Å². The van der Waals surface area contributed by atoms with Gasteiger partial charge in [0.2, 0.25) is 0 Å². The Bertz CT molecular complexity index is 734. The highest BCUT2D eigenvalue weighted by molar-refractivity contribution is 6.30. The van der Waals surface area contributed by atoms with Crippen molar-refractivity contribution in [1.82, 2.24) is 14.7 Å². The van der Waals surface area contributed by atoms with Crippen molar-refractivity contribution in [3.05, 3.63) is 59.4 Å². The van der Waals surface area contributed by atoms with E-state index in [0.717, 1.165) is 5.76 Å². The average molecular weight is 290 g/mol. The zero-order chi connectivity index (χ0) is 13.9. The van der Waals surface area contributed by atoms with Crippen LogP contribution in [0.3, 0.4) is 0 Å². The van der Waals surface area contributed by atoms with Crippen molar-refractivity contribution in [2.75, 3.05) is 6.54 Å². The van der Waals surface area contributed by atoms with Gasteiger partial charge in [-0.05, 0) is 24.3 Å². The molecule has 0 aromatic carbocycles. The van der Waals surface area contributed by atoms with E-state index < -0.39 is 0 Å². The van der Waals surface area contributed by atoms with Gasteiger partial charge in [0.25, 0.3) is 5.91 Å². The summed E-state index contributed by atoms with van der Waals surface area (Å²) in [6.45, 7) is 0.501. The van der Waals surface area contributed by atoms with Crippen molar-refractivity contribution >= 4 is 23.2 Å². The van der Waals surface area contributed by atoms with Crippen LogP contribution in [0.5, 0.6) is 0 Å². The Labute approximate surface area is 120 Å². The number of carbonyl (C=O) groups excluding carboxylic acids is 1. The Morgan fingerprint density at radius 3 is 3.05 bits per heavy atom. The zero-order valence-corrected chi connectivity index (χ0v) is 11.3. The number of aromatic nitrogens is 2. The van der Waals surface area contributed by atoms with Crippen LogP contribution in [-0.2, 0) is 6.42 Å². The summed E-state index contributed by atoms with van der Waals surface area (Å²) in [5.74, 6) is 0.628. The molecule has 1 amide bonds. The molecule has 0 aliphatic carbocycles. The summed E-state index contributed by atoms with van der Waals surface area (Å²) in [6.07, 6.45) is 5.63. The first-order valence-corrected chi connectivity index (χ1v) is 6.55. The van der Waals surface area contributed by atoms with Gasteiger partial charge in [-0.25, -0.2) is 4.98 Å². The summed E-state index contributed by atoms with van der Waals surface area (Å²) in [6, 6.07) is 7.20. The molecule has 0 spiro atoms. The molecule has 0 bridgehead atoms. The number of imidazole rings is 1. The van der Waals surface area contributed by atoms with E-state index in [-0.39, 0.29) is 5.91 Å². The van der Waals surface area contributed by atoms with Gasteiger partial charge in [-0.2, -0.15) is 0 Å². The normalized spacial score (nSPS) is 10.8. The number of hydrogen-bond donors (Lipinski definition) is 1. The summed E-state index contributed by atoms with van der Waals surface area (Å²) in [4.78, 5) is 16.2. The van der Waals surface area contributed by atoms with Crippen molar-refractivity contribution in [2.45, 2.75) is 6.42 Å². The van der Waals surface area contributed by atoms with E-state index in [0.29, 0.717) is 29.3 Å². The Balaban J connectivity index is 1.66. The molecule has 0 saturated carbocycles. The highest BCUT2D eigenvalue weighted by Gasteiger charge is 2.10. The number of hydrogen-bond acceptors (Lipinski definition) is 3. The molecule has 0 saturated heterocycles. The molecular formula is C14H12ClN3O2. The number of nitrogens with zero attached hydrogens (tertiary/aromatic N) is 2. The lowest BCUT2D eigenvalue weighted by molar-refractivity contribution is 0.0949. The van der Waals surface area contributed by atoms with Gasteiger partial charge in [0.05, 0.1) is 11.3 Å². The van der Waals surface area contributed by atoms with Crippen molar-refractivity contribution in [3.63, 3.8) is 0 Å². The quantitative estimate of drug-likeness (QED) is 0.803. The summed E-state index contributed by atoms with van der Waals surface area (Å²) in [7, 11) is 0. The largest absolute Gasteiger partial charge is 0.469 e. The summed E-state index contributed by atoms with van der Waals surface area (Å²) in [5, 5.41) is 3.40. The number of fused-ring (bicyclic) bond motifs is 1. The first kappa shape index (κ1) is 12.7. The van der Waals surface area contributed by atoms with Crippen LogP contribution in [0, 0.1) is 0 Å². The van der Waals surface area contributed by atoms with Crippen LogP contribution in [0.2, 0.25) is 5.02 Å². The average Bonchev–Trinajstić information content (AvgIpc) is 3.06. The minimum atomic E-state index is -0.212. The molecule has 3 rings (SSSR count). The molecule has 102 valence electrons. The maximum Gasteiger partial charge on any atom is 0.271 e. The molecule has 0 atom stereocenters. The lowest BCUT2D eigenvalue weighted by atomic mass is 10.3. The van der Waals surface area contributed by atoms with Crippen LogP contribution < -0.4 is 5.32 Å². The fourth-order valence-corrected chi connectivity index (χ4v) is 2.09. The van der Waals surface area contributed by atoms with Crippen molar-refractivity contribution in [2.24, 2.45) is 0 Å². The predicted molar refractivity (Wildman–Crippen MR) is 74.9 cm³/mol. The molecule has 3 aromatic rings. The summed E-state index contributed by atoms with van der Waals surface area (Å²) in [5.41, 5.74) is 1.05. The van der Waals surface area contributed by atoms with E-state index in [2.05, 4.69) is 10.3 Å². The number of rotatable bonds is 4. The Hall–Kier alpha value is -2.27. The second kappa shape index (κ2) is 5.38. The zero-order valence-electron chi connectivity index (χ0n) is 10.5. The molecule has 6 heteroatoms. The second-order valence-electron chi connectivity index (χ2n) is 4.32. The molecule has 1 N–H and O–H groups in total. The van der Waals surface area contributed by atoms with E-state index in [4.69, 9.17) is 16.0 Å². The van der Waals surface area contributed by atoms with E-state index in [1.54, 1.807) is 35.2 Å². The molecule has 20 heavy (non-hydrogen) atoms. The van der Waals surface area contributed by atoms with Crippen molar-refractivity contribution in [3.8, 4) is 0 Å². The lowest BCUT2D eigenvalue weighted by Gasteiger charge is -2.00.